The minimum absolute atomic E-state index is 0.0553. The second kappa shape index (κ2) is 9.55. The van der Waals surface area contributed by atoms with Crippen LogP contribution < -0.4 is 5.32 Å². The SMILES string of the molecule is O=C(c1ccc(-c2ccc(NC3=NC4C(F)CC(F)CC4S3)cc2)cc1)C1CCC[C@H]1CO. The van der Waals surface area contributed by atoms with Crippen LogP contribution in [0.1, 0.15) is 42.5 Å². The number of nitrogens with zero attached hydrogens (tertiary/aromatic N) is 1. The van der Waals surface area contributed by atoms with Crippen molar-refractivity contribution in [3.05, 3.63) is 54.1 Å². The molecule has 4 nitrogen and oxygen atoms in total. The Morgan fingerprint density at radius 2 is 1.73 bits per heavy atom. The average Bonchev–Trinajstić information content (AvgIpc) is 3.46. The summed E-state index contributed by atoms with van der Waals surface area (Å²) in [6.07, 6.45) is 0.763. The number of aliphatic hydroxyl groups excluding tert-OH is 1. The number of carbonyl (C=O) groups excluding carboxylic acids is 1. The first-order valence-electron chi connectivity index (χ1n) is 11.7. The van der Waals surface area contributed by atoms with Gasteiger partial charge in [0.05, 0.1) is 6.04 Å². The maximum atomic E-state index is 14.1. The van der Waals surface area contributed by atoms with Gasteiger partial charge in [-0.15, -0.1) is 0 Å². The normalized spacial score (nSPS) is 31.2. The van der Waals surface area contributed by atoms with E-state index in [4.69, 9.17) is 0 Å². The number of rotatable bonds is 5. The van der Waals surface area contributed by atoms with Crippen molar-refractivity contribution < 1.29 is 18.7 Å². The van der Waals surface area contributed by atoms with Crippen LogP contribution in [0, 0.1) is 11.8 Å². The van der Waals surface area contributed by atoms with Gasteiger partial charge in [-0.3, -0.25) is 9.79 Å². The summed E-state index contributed by atoms with van der Waals surface area (Å²) in [6.45, 7) is 0.0752. The van der Waals surface area contributed by atoms with Gasteiger partial charge in [0.15, 0.2) is 11.0 Å². The number of aliphatic hydroxyl groups is 1. The highest BCUT2D eigenvalue weighted by Gasteiger charge is 2.43. The first kappa shape index (κ1) is 22.5. The van der Waals surface area contributed by atoms with Gasteiger partial charge in [0.1, 0.15) is 12.3 Å². The van der Waals surface area contributed by atoms with Crippen molar-refractivity contribution >= 4 is 28.4 Å². The van der Waals surface area contributed by atoms with Crippen molar-refractivity contribution in [3.63, 3.8) is 0 Å². The molecular formula is C26H28F2N2O2S. The number of anilines is 1. The Bertz CT molecular complexity index is 1030. The third-order valence-corrected chi connectivity index (χ3v) is 8.32. The average molecular weight is 471 g/mol. The van der Waals surface area contributed by atoms with Gasteiger partial charge in [-0.1, -0.05) is 54.6 Å². The summed E-state index contributed by atoms with van der Waals surface area (Å²) >= 11 is 1.43. The molecule has 2 fully saturated rings. The first-order valence-corrected chi connectivity index (χ1v) is 12.5. The molecular weight excluding hydrogens is 442 g/mol. The third kappa shape index (κ3) is 4.71. The molecule has 5 rings (SSSR count). The Labute approximate surface area is 196 Å². The summed E-state index contributed by atoms with van der Waals surface area (Å²) in [5.74, 6) is 0.135. The second-order valence-electron chi connectivity index (χ2n) is 9.29. The number of amidine groups is 1. The topological polar surface area (TPSA) is 61.7 Å². The molecule has 33 heavy (non-hydrogen) atoms. The molecule has 2 aromatic carbocycles. The lowest BCUT2D eigenvalue weighted by molar-refractivity contribution is 0.0851. The fourth-order valence-electron chi connectivity index (χ4n) is 5.27. The van der Waals surface area contributed by atoms with Gasteiger partial charge in [-0.25, -0.2) is 8.78 Å². The van der Waals surface area contributed by atoms with Crippen LogP contribution in [0.4, 0.5) is 14.5 Å². The Morgan fingerprint density at radius 1 is 1.03 bits per heavy atom. The lowest BCUT2D eigenvalue weighted by Gasteiger charge is -2.28. The molecule has 6 atom stereocenters. The summed E-state index contributed by atoms with van der Waals surface area (Å²) < 4.78 is 27.8. The van der Waals surface area contributed by atoms with Crippen LogP contribution in [0.2, 0.25) is 0 Å². The van der Waals surface area contributed by atoms with E-state index in [9.17, 15) is 18.7 Å². The fraction of sp³-hybridized carbons (Fsp3) is 0.462. The van der Waals surface area contributed by atoms with E-state index in [0.717, 1.165) is 36.1 Å². The molecule has 2 aromatic rings. The summed E-state index contributed by atoms with van der Waals surface area (Å²) in [7, 11) is 0. The molecule has 2 aliphatic carbocycles. The van der Waals surface area contributed by atoms with Crippen LogP contribution in [0.25, 0.3) is 11.1 Å². The zero-order chi connectivity index (χ0) is 22.9. The van der Waals surface area contributed by atoms with E-state index in [2.05, 4.69) is 10.3 Å². The van der Waals surface area contributed by atoms with Gasteiger partial charge >= 0.3 is 0 Å². The van der Waals surface area contributed by atoms with Crippen LogP contribution in [0.15, 0.2) is 53.5 Å². The van der Waals surface area contributed by atoms with E-state index in [-0.39, 0.29) is 35.9 Å². The predicted octanol–water partition coefficient (Wildman–Crippen LogP) is 5.67. The molecule has 3 aliphatic rings. The summed E-state index contributed by atoms with van der Waals surface area (Å²) in [5.41, 5.74) is 3.57. The largest absolute Gasteiger partial charge is 0.396 e. The highest BCUT2D eigenvalue weighted by molar-refractivity contribution is 8.15. The molecule has 2 N–H and O–H groups in total. The number of alkyl halides is 2. The van der Waals surface area contributed by atoms with Gasteiger partial charge in [-0.05, 0) is 48.4 Å². The van der Waals surface area contributed by atoms with Crippen molar-refractivity contribution in [1.82, 2.24) is 0 Å². The molecule has 0 radical (unpaired) electrons. The second-order valence-corrected chi connectivity index (χ2v) is 10.5. The molecule has 0 spiro atoms. The molecule has 0 bridgehead atoms. The maximum Gasteiger partial charge on any atom is 0.166 e. The van der Waals surface area contributed by atoms with Crippen molar-refractivity contribution in [2.75, 3.05) is 11.9 Å². The monoisotopic (exact) mass is 470 g/mol. The molecule has 1 aliphatic heterocycles. The molecule has 0 saturated heterocycles. The number of ketones is 1. The van der Waals surface area contributed by atoms with E-state index >= 15 is 0 Å². The lowest BCUT2D eigenvalue weighted by atomic mass is 9.88. The molecule has 5 unspecified atom stereocenters. The van der Waals surface area contributed by atoms with Gasteiger partial charge < -0.3 is 10.4 Å². The van der Waals surface area contributed by atoms with Crippen LogP contribution >= 0.6 is 11.8 Å². The van der Waals surface area contributed by atoms with E-state index in [0.29, 0.717) is 17.2 Å². The highest BCUT2D eigenvalue weighted by Crippen LogP contribution is 2.40. The van der Waals surface area contributed by atoms with Crippen molar-refractivity contribution in [3.8, 4) is 11.1 Å². The number of halogens is 2. The van der Waals surface area contributed by atoms with Gasteiger partial charge in [0.2, 0.25) is 0 Å². The van der Waals surface area contributed by atoms with Crippen LogP contribution in [-0.4, -0.2) is 46.3 Å². The van der Waals surface area contributed by atoms with Crippen LogP contribution in [0.5, 0.6) is 0 Å². The number of carbonyl (C=O) groups is 1. The Kier molecular flexibility index (Phi) is 6.52. The van der Waals surface area contributed by atoms with Crippen LogP contribution in [0.3, 0.4) is 0 Å². The zero-order valence-corrected chi connectivity index (χ0v) is 19.1. The number of Topliss-reactive ketones (excluding diaryl/α,β-unsaturated/α-hetero) is 1. The van der Waals surface area contributed by atoms with Crippen molar-refractivity contribution in [2.45, 2.75) is 55.7 Å². The Morgan fingerprint density at radius 3 is 2.42 bits per heavy atom. The Balaban J connectivity index is 1.23. The number of aliphatic imine (C=N–C) groups is 1. The first-order chi connectivity index (χ1) is 16.0. The third-order valence-electron chi connectivity index (χ3n) is 7.12. The number of hydrogen-bond acceptors (Lipinski definition) is 5. The minimum atomic E-state index is -1.22. The van der Waals surface area contributed by atoms with Crippen LogP contribution in [-0.2, 0) is 0 Å². The minimum Gasteiger partial charge on any atom is -0.396 e. The zero-order valence-electron chi connectivity index (χ0n) is 18.3. The maximum absolute atomic E-state index is 14.1. The number of nitrogens with one attached hydrogen (secondary N) is 1. The highest BCUT2D eigenvalue weighted by atomic mass is 32.2. The summed E-state index contributed by atoms with van der Waals surface area (Å²) in [6, 6.07) is 15.0. The molecule has 7 heteroatoms. The molecule has 174 valence electrons. The quantitative estimate of drug-likeness (QED) is 0.553. The lowest BCUT2D eigenvalue weighted by Crippen LogP contribution is -2.38. The van der Waals surface area contributed by atoms with Gasteiger partial charge in [-0.2, -0.15) is 0 Å². The molecule has 0 aromatic heterocycles. The summed E-state index contributed by atoms with van der Waals surface area (Å²) in [4.78, 5) is 17.3. The Hall–Kier alpha value is -2.25. The van der Waals surface area contributed by atoms with E-state index in [1.807, 2.05) is 48.5 Å². The van der Waals surface area contributed by atoms with Gasteiger partial charge in [0.25, 0.3) is 0 Å². The van der Waals surface area contributed by atoms with Gasteiger partial charge in [0, 0.05) is 35.4 Å². The number of fused-ring (bicyclic) bond motifs is 1. The number of hydrogen-bond donors (Lipinski definition) is 2. The van der Waals surface area contributed by atoms with E-state index in [1.54, 1.807) is 0 Å². The predicted molar refractivity (Wildman–Crippen MR) is 129 cm³/mol. The molecule has 2 saturated carbocycles. The number of benzene rings is 2. The standard InChI is InChI=1S/C26H28F2N2O2S/c27-19-12-22(28)24-23(13-19)33-26(30-24)29-20-10-8-16(9-11-20)15-4-6-17(7-5-15)25(32)21-3-1-2-18(21)14-31/h4-11,18-19,21-24,31H,1-3,12-14H2,(H,29,30)/t18-,19?,21?,22?,23?,24?/m0/s1. The van der Waals surface area contributed by atoms with E-state index in [1.165, 1.54) is 11.8 Å². The van der Waals surface area contributed by atoms with Crippen molar-refractivity contribution in [1.29, 1.82) is 0 Å². The smallest absolute Gasteiger partial charge is 0.166 e. The summed E-state index contributed by atoms with van der Waals surface area (Å²) in [5, 5.41) is 13.3. The van der Waals surface area contributed by atoms with E-state index < -0.39 is 18.4 Å². The molecule has 1 heterocycles. The molecule has 0 amide bonds. The van der Waals surface area contributed by atoms with Crippen molar-refractivity contribution in [2.24, 2.45) is 16.8 Å². The number of thioether (sulfide) groups is 1. The fourth-order valence-corrected chi connectivity index (χ4v) is 6.59.